The van der Waals surface area contributed by atoms with Gasteiger partial charge in [0.2, 0.25) is 0 Å². The van der Waals surface area contributed by atoms with Gasteiger partial charge in [0, 0.05) is 31.1 Å². The second kappa shape index (κ2) is 11.1. The number of carboxylic acid groups (broad SMARTS) is 1. The van der Waals surface area contributed by atoms with E-state index in [4.69, 9.17) is 5.11 Å². The first kappa shape index (κ1) is 22.4. The average Bonchev–Trinajstić information content (AvgIpc) is 2.95. The number of halogens is 1. The van der Waals surface area contributed by atoms with Crippen LogP contribution in [0.5, 0.6) is 0 Å². The van der Waals surface area contributed by atoms with Gasteiger partial charge in [0.1, 0.15) is 11.5 Å². The first-order valence-electron chi connectivity index (χ1n) is 9.72. The number of carbonyl (C=O) groups is 2. The molecule has 0 radical (unpaired) electrons. The fourth-order valence-electron chi connectivity index (χ4n) is 3.30. The van der Waals surface area contributed by atoms with Crippen LogP contribution in [0.4, 0.5) is 4.39 Å². The van der Waals surface area contributed by atoms with Crippen LogP contribution in [0.15, 0.2) is 24.0 Å². The van der Waals surface area contributed by atoms with Crippen molar-refractivity contribution in [2.75, 3.05) is 0 Å². The van der Waals surface area contributed by atoms with E-state index < -0.39 is 11.6 Å². The normalized spacial score (nSPS) is 23.5. The molecule has 0 bridgehead atoms. The van der Waals surface area contributed by atoms with E-state index >= 15 is 0 Å². The van der Waals surface area contributed by atoms with Gasteiger partial charge in [0.05, 0.1) is 5.76 Å². The number of aliphatic hydroxyl groups excluding tert-OH is 1. The van der Waals surface area contributed by atoms with Gasteiger partial charge in [-0.2, -0.15) is 0 Å². The summed E-state index contributed by atoms with van der Waals surface area (Å²) in [6.07, 6.45) is 10.8. The Balaban J connectivity index is 2.41. The van der Waals surface area contributed by atoms with Crippen molar-refractivity contribution >= 4 is 11.8 Å². The molecule has 0 aromatic heterocycles. The van der Waals surface area contributed by atoms with Crippen LogP contribution < -0.4 is 0 Å². The molecule has 2 N–H and O–H groups in total. The zero-order chi connectivity index (χ0) is 19.6. The van der Waals surface area contributed by atoms with Crippen LogP contribution in [0.25, 0.3) is 0 Å². The third kappa shape index (κ3) is 8.63. The van der Waals surface area contributed by atoms with E-state index in [1.165, 1.54) is 0 Å². The maximum absolute atomic E-state index is 14.3. The van der Waals surface area contributed by atoms with Gasteiger partial charge in [-0.05, 0) is 45.1 Å². The lowest BCUT2D eigenvalue weighted by atomic mass is 9.94. The van der Waals surface area contributed by atoms with E-state index in [9.17, 15) is 19.1 Å². The van der Waals surface area contributed by atoms with E-state index in [1.54, 1.807) is 13.0 Å². The summed E-state index contributed by atoms with van der Waals surface area (Å²) in [7, 11) is 0. The highest BCUT2D eigenvalue weighted by atomic mass is 19.1. The summed E-state index contributed by atoms with van der Waals surface area (Å²) >= 11 is 0. The monoisotopic (exact) mass is 368 g/mol. The first-order valence-corrected chi connectivity index (χ1v) is 9.72. The maximum Gasteiger partial charge on any atom is 0.303 e. The molecule has 0 heterocycles. The zero-order valence-electron chi connectivity index (χ0n) is 16.0. The van der Waals surface area contributed by atoms with Crippen molar-refractivity contribution in [2.45, 2.75) is 83.7 Å². The summed E-state index contributed by atoms with van der Waals surface area (Å²) in [6.45, 7) is 3.58. The van der Waals surface area contributed by atoms with Crippen LogP contribution in [-0.2, 0) is 9.59 Å². The van der Waals surface area contributed by atoms with Crippen LogP contribution in [0.2, 0.25) is 0 Å². The number of ketones is 1. The Morgan fingerprint density at radius 1 is 1.31 bits per heavy atom. The number of aliphatic carboxylic acids is 1. The Bertz CT molecular complexity index is 522. The lowest BCUT2D eigenvalue weighted by Crippen LogP contribution is -2.17. The number of unbranched alkanes of at least 4 members (excludes halogenated alkanes) is 2. The Morgan fingerprint density at radius 2 is 2.04 bits per heavy atom. The predicted octanol–water partition coefficient (Wildman–Crippen LogP) is 5.53. The fraction of sp³-hybridized carbons (Fsp3) is 0.714. The number of hydrogen-bond donors (Lipinski definition) is 2. The van der Waals surface area contributed by atoms with Crippen LogP contribution in [0.1, 0.15) is 78.1 Å². The molecule has 0 aliphatic heterocycles. The quantitative estimate of drug-likeness (QED) is 0.270. The number of hydrogen-bond acceptors (Lipinski definition) is 3. The molecular formula is C21H33FO4. The van der Waals surface area contributed by atoms with Crippen molar-refractivity contribution in [1.82, 2.24) is 0 Å². The van der Waals surface area contributed by atoms with Crippen molar-refractivity contribution in [3.8, 4) is 0 Å². The molecule has 26 heavy (non-hydrogen) atoms. The Morgan fingerprint density at radius 3 is 2.69 bits per heavy atom. The topological polar surface area (TPSA) is 74.6 Å². The van der Waals surface area contributed by atoms with Gasteiger partial charge in [-0.15, -0.1) is 0 Å². The minimum atomic E-state index is -1.31. The van der Waals surface area contributed by atoms with E-state index in [2.05, 4.69) is 0 Å². The molecule has 148 valence electrons. The number of carboxylic acids is 1. The van der Waals surface area contributed by atoms with E-state index in [0.717, 1.165) is 12.8 Å². The van der Waals surface area contributed by atoms with Crippen LogP contribution in [0.3, 0.4) is 0 Å². The van der Waals surface area contributed by atoms with E-state index in [1.807, 2.05) is 19.1 Å². The first-order chi connectivity index (χ1) is 12.2. The Kier molecular flexibility index (Phi) is 9.60. The molecule has 4 nitrogen and oxygen atoms in total. The second-order valence-electron chi connectivity index (χ2n) is 7.64. The number of allylic oxidation sites excluding steroid dienone is 4. The van der Waals surface area contributed by atoms with Gasteiger partial charge in [-0.1, -0.05) is 31.9 Å². The van der Waals surface area contributed by atoms with Crippen LogP contribution in [0, 0.1) is 11.8 Å². The Hall–Kier alpha value is -1.65. The lowest BCUT2D eigenvalue weighted by molar-refractivity contribution is -0.137. The summed E-state index contributed by atoms with van der Waals surface area (Å²) in [4.78, 5) is 22.5. The van der Waals surface area contributed by atoms with Crippen molar-refractivity contribution in [3.05, 3.63) is 24.0 Å². The molecule has 0 aromatic carbocycles. The molecule has 3 atom stereocenters. The summed E-state index contributed by atoms with van der Waals surface area (Å²) in [5, 5.41) is 18.8. The van der Waals surface area contributed by atoms with Gasteiger partial charge in [-0.3, -0.25) is 9.59 Å². The van der Waals surface area contributed by atoms with Crippen molar-refractivity contribution in [3.63, 3.8) is 0 Å². The third-order valence-corrected chi connectivity index (χ3v) is 5.03. The molecule has 1 aliphatic carbocycles. The van der Waals surface area contributed by atoms with E-state index in [0.29, 0.717) is 38.5 Å². The number of rotatable bonds is 12. The molecule has 0 amide bonds. The second-order valence-corrected chi connectivity index (χ2v) is 7.64. The molecule has 0 saturated heterocycles. The number of alkyl halides is 1. The van der Waals surface area contributed by atoms with Gasteiger partial charge < -0.3 is 10.2 Å². The van der Waals surface area contributed by atoms with Crippen LogP contribution >= 0.6 is 0 Å². The number of Topliss-reactive ketones (excluding diaryl/α,β-unsaturated/α-hetero) is 1. The summed E-state index contributed by atoms with van der Waals surface area (Å²) < 4.78 is 14.3. The summed E-state index contributed by atoms with van der Waals surface area (Å²) in [6, 6.07) is 0. The molecule has 1 aliphatic rings. The van der Waals surface area contributed by atoms with Gasteiger partial charge >= 0.3 is 5.97 Å². The number of carbonyl (C=O) groups excluding carboxylic acids is 1. The Labute approximate surface area is 156 Å². The molecule has 1 unspecified atom stereocenters. The highest BCUT2D eigenvalue weighted by molar-refractivity contribution is 5.83. The highest BCUT2D eigenvalue weighted by Gasteiger charge is 2.34. The van der Waals surface area contributed by atoms with Gasteiger partial charge in [-0.25, -0.2) is 4.39 Å². The average molecular weight is 368 g/mol. The standard InChI is InChI=1S/C21H33FO4/c1-3-4-12-21(2,22)13-11-18(23)17-14-16(19(24)15-17)9-7-5-6-8-10-20(25)26/h5,7,11,16-17,23H,3-4,6,8-10,12-15H2,1-2H3,(H,25,26)/b7-5?,18-11+/t16-,17+,21?/m0/s1. The third-order valence-electron chi connectivity index (χ3n) is 5.03. The molecular weight excluding hydrogens is 335 g/mol. The molecule has 0 aromatic rings. The van der Waals surface area contributed by atoms with Gasteiger partial charge in [0.25, 0.3) is 0 Å². The minimum absolute atomic E-state index is 0.108. The van der Waals surface area contributed by atoms with Crippen molar-refractivity contribution in [2.24, 2.45) is 11.8 Å². The smallest absolute Gasteiger partial charge is 0.303 e. The summed E-state index contributed by atoms with van der Waals surface area (Å²) in [5.41, 5.74) is -1.31. The maximum atomic E-state index is 14.3. The SMILES string of the molecule is CCCCC(C)(F)C/C=C(/O)[C@H]1CC(=O)[C@@H](CC=CCCCC(=O)O)C1. The largest absolute Gasteiger partial charge is 0.512 e. The number of aliphatic hydroxyl groups is 1. The molecule has 1 fully saturated rings. The lowest BCUT2D eigenvalue weighted by Gasteiger charge is -2.18. The van der Waals surface area contributed by atoms with Crippen molar-refractivity contribution in [1.29, 1.82) is 0 Å². The predicted molar refractivity (Wildman–Crippen MR) is 101 cm³/mol. The molecule has 0 spiro atoms. The molecule has 1 saturated carbocycles. The zero-order valence-corrected chi connectivity index (χ0v) is 16.0. The van der Waals surface area contributed by atoms with Gasteiger partial charge in [0.15, 0.2) is 0 Å². The van der Waals surface area contributed by atoms with E-state index in [-0.39, 0.29) is 36.2 Å². The highest BCUT2D eigenvalue weighted by Crippen LogP contribution is 2.35. The van der Waals surface area contributed by atoms with Crippen molar-refractivity contribution < 1.29 is 24.2 Å². The summed E-state index contributed by atoms with van der Waals surface area (Å²) in [5.74, 6) is -0.822. The minimum Gasteiger partial charge on any atom is -0.512 e. The fourth-order valence-corrected chi connectivity index (χ4v) is 3.30. The van der Waals surface area contributed by atoms with Crippen LogP contribution in [-0.4, -0.2) is 27.6 Å². The molecule has 5 heteroatoms. The molecule has 1 rings (SSSR count).